The molecule has 1 aromatic carbocycles. The lowest BCUT2D eigenvalue weighted by Crippen LogP contribution is -2.53. The van der Waals surface area contributed by atoms with E-state index in [0.29, 0.717) is 17.8 Å². The number of hydrogen-bond acceptors (Lipinski definition) is 2. The Kier molecular flexibility index (Phi) is 3.89. The van der Waals surface area contributed by atoms with Gasteiger partial charge in [0.25, 0.3) is 0 Å². The van der Waals surface area contributed by atoms with Gasteiger partial charge in [0.2, 0.25) is 0 Å². The van der Waals surface area contributed by atoms with Crippen molar-refractivity contribution in [1.29, 1.82) is 0 Å². The van der Waals surface area contributed by atoms with Gasteiger partial charge < -0.3 is 9.84 Å². The summed E-state index contributed by atoms with van der Waals surface area (Å²) in [5.41, 5.74) is 3.06. The Hall–Kier alpha value is -0.730. The van der Waals surface area contributed by atoms with Crippen molar-refractivity contribution in [2.75, 3.05) is 7.11 Å². The molecule has 0 unspecified atom stereocenters. The maximum atomic E-state index is 10.7. The number of rotatable bonds is 1. The first-order valence-corrected chi connectivity index (χ1v) is 9.45. The highest BCUT2D eigenvalue weighted by Gasteiger charge is 2.54. The molecule has 0 amide bonds. The molecule has 23 heavy (non-hydrogen) atoms. The highest BCUT2D eigenvalue weighted by molar-refractivity contribution is 6.20. The molecule has 0 saturated heterocycles. The van der Waals surface area contributed by atoms with Gasteiger partial charge in [-0.3, -0.25) is 0 Å². The van der Waals surface area contributed by atoms with E-state index in [0.717, 1.165) is 31.4 Å². The second kappa shape index (κ2) is 5.67. The monoisotopic (exact) mass is 334 g/mol. The molecule has 0 spiro atoms. The molecule has 1 aromatic rings. The van der Waals surface area contributed by atoms with E-state index < -0.39 is 0 Å². The van der Waals surface area contributed by atoms with E-state index in [1.807, 2.05) is 0 Å². The molecule has 0 heterocycles. The molecule has 3 aliphatic carbocycles. The minimum Gasteiger partial charge on any atom is -0.497 e. The average Bonchev–Trinajstić information content (AvgIpc) is 2.55. The quantitative estimate of drug-likeness (QED) is 0.765. The molecule has 3 heteroatoms. The number of alkyl halides is 1. The second-order valence-electron chi connectivity index (χ2n) is 8.11. The standard InChI is InChI=1S/C20H27ClO2/c1-20-8-7-16-15-6-4-14(23-2)9-12(15)3-5-17(16)18(20)10-13(21)11-19(20)22/h4,6,9,13,16-19,22H,3,5,7-8,10-11H2,1-2H3/t13-,16+,17+,18-,19+,20-/m0/s1. The number of halogens is 1. The number of methoxy groups -OCH3 is 1. The highest BCUT2D eigenvalue weighted by atomic mass is 35.5. The van der Waals surface area contributed by atoms with Gasteiger partial charge in [-0.05, 0) is 85.0 Å². The predicted molar refractivity (Wildman–Crippen MR) is 93.3 cm³/mol. The molecule has 0 radical (unpaired) electrons. The number of fused-ring (bicyclic) bond motifs is 5. The van der Waals surface area contributed by atoms with Crippen molar-refractivity contribution in [1.82, 2.24) is 0 Å². The minimum absolute atomic E-state index is 0.0660. The molecule has 2 saturated carbocycles. The van der Waals surface area contributed by atoms with Gasteiger partial charge in [0.15, 0.2) is 0 Å². The summed E-state index contributed by atoms with van der Waals surface area (Å²) in [6.07, 6.45) is 6.27. The number of ether oxygens (including phenoxy) is 1. The van der Waals surface area contributed by atoms with Gasteiger partial charge in [-0.1, -0.05) is 13.0 Å². The van der Waals surface area contributed by atoms with Crippen molar-refractivity contribution in [3.8, 4) is 5.75 Å². The maximum absolute atomic E-state index is 10.7. The van der Waals surface area contributed by atoms with Gasteiger partial charge in [0, 0.05) is 5.38 Å². The smallest absolute Gasteiger partial charge is 0.119 e. The van der Waals surface area contributed by atoms with Crippen molar-refractivity contribution >= 4 is 11.6 Å². The molecule has 0 aliphatic heterocycles. The summed E-state index contributed by atoms with van der Waals surface area (Å²) in [4.78, 5) is 0. The van der Waals surface area contributed by atoms with Crippen LogP contribution in [0.15, 0.2) is 18.2 Å². The molecule has 0 bridgehead atoms. The van der Waals surface area contributed by atoms with Crippen LogP contribution >= 0.6 is 11.6 Å². The van der Waals surface area contributed by atoms with E-state index in [9.17, 15) is 5.11 Å². The SMILES string of the molecule is COc1ccc2c(c1)CC[C@@H]1[C@@H]2CC[C@]2(C)[C@H](O)C[C@@H](Cl)C[C@@H]12. The highest BCUT2D eigenvalue weighted by Crippen LogP contribution is 2.60. The fraction of sp³-hybridized carbons (Fsp3) is 0.700. The van der Waals surface area contributed by atoms with Crippen LogP contribution in [0.4, 0.5) is 0 Å². The largest absolute Gasteiger partial charge is 0.497 e. The molecular formula is C20H27ClO2. The van der Waals surface area contributed by atoms with E-state index in [2.05, 4.69) is 25.1 Å². The van der Waals surface area contributed by atoms with Gasteiger partial charge in [0.05, 0.1) is 13.2 Å². The third-order valence-corrected chi connectivity index (χ3v) is 7.48. The zero-order chi connectivity index (χ0) is 16.2. The molecular weight excluding hydrogens is 308 g/mol. The lowest BCUT2D eigenvalue weighted by atomic mass is 9.50. The van der Waals surface area contributed by atoms with Crippen molar-refractivity contribution in [3.63, 3.8) is 0 Å². The Morgan fingerprint density at radius 3 is 2.87 bits per heavy atom. The fourth-order valence-electron chi connectivity index (χ4n) is 5.77. The number of aliphatic hydroxyl groups excluding tert-OH is 1. The summed E-state index contributed by atoms with van der Waals surface area (Å²) in [5, 5.41) is 10.8. The van der Waals surface area contributed by atoms with E-state index in [1.54, 1.807) is 7.11 Å². The van der Waals surface area contributed by atoms with E-state index in [-0.39, 0.29) is 16.9 Å². The lowest BCUT2D eigenvalue weighted by Gasteiger charge is -2.57. The minimum atomic E-state index is -0.234. The Morgan fingerprint density at radius 2 is 2.09 bits per heavy atom. The Labute approximate surface area is 144 Å². The molecule has 2 fully saturated rings. The van der Waals surface area contributed by atoms with Crippen LogP contribution in [0, 0.1) is 17.3 Å². The van der Waals surface area contributed by atoms with Crippen LogP contribution in [0.2, 0.25) is 0 Å². The normalized spacial score (nSPS) is 42.3. The van der Waals surface area contributed by atoms with Gasteiger partial charge >= 0.3 is 0 Å². The fourth-order valence-corrected chi connectivity index (χ4v) is 6.14. The summed E-state index contributed by atoms with van der Waals surface area (Å²) >= 11 is 6.49. The molecule has 4 rings (SSSR count). The summed E-state index contributed by atoms with van der Waals surface area (Å²) in [6, 6.07) is 6.61. The van der Waals surface area contributed by atoms with Crippen LogP contribution in [0.1, 0.15) is 56.1 Å². The molecule has 0 aromatic heterocycles. The van der Waals surface area contributed by atoms with Crippen molar-refractivity contribution in [2.45, 2.75) is 62.8 Å². The van der Waals surface area contributed by atoms with Gasteiger partial charge in [0.1, 0.15) is 5.75 Å². The van der Waals surface area contributed by atoms with Gasteiger partial charge in [-0.25, -0.2) is 0 Å². The van der Waals surface area contributed by atoms with E-state index in [1.165, 1.54) is 24.0 Å². The maximum Gasteiger partial charge on any atom is 0.119 e. The van der Waals surface area contributed by atoms with E-state index in [4.69, 9.17) is 16.3 Å². The topological polar surface area (TPSA) is 29.5 Å². The lowest BCUT2D eigenvalue weighted by molar-refractivity contribution is -0.0961. The molecule has 2 nitrogen and oxygen atoms in total. The summed E-state index contributed by atoms with van der Waals surface area (Å²) in [7, 11) is 1.74. The molecule has 1 N–H and O–H groups in total. The van der Waals surface area contributed by atoms with Crippen molar-refractivity contribution in [2.24, 2.45) is 17.3 Å². The first-order valence-electron chi connectivity index (χ1n) is 9.02. The van der Waals surface area contributed by atoms with Crippen LogP contribution in [-0.2, 0) is 6.42 Å². The van der Waals surface area contributed by atoms with E-state index >= 15 is 0 Å². The van der Waals surface area contributed by atoms with Crippen LogP contribution in [0.3, 0.4) is 0 Å². The van der Waals surface area contributed by atoms with Gasteiger partial charge in [-0.2, -0.15) is 0 Å². The van der Waals surface area contributed by atoms with Crippen LogP contribution in [-0.4, -0.2) is 23.7 Å². The third-order valence-electron chi connectivity index (χ3n) is 7.12. The van der Waals surface area contributed by atoms with Crippen molar-refractivity contribution < 1.29 is 9.84 Å². The van der Waals surface area contributed by atoms with Crippen LogP contribution < -0.4 is 4.74 Å². The number of benzene rings is 1. The first kappa shape index (κ1) is 15.8. The first-order chi connectivity index (χ1) is 11.0. The Morgan fingerprint density at radius 1 is 1.26 bits per heavy atom. The predicted octanol–water partition coefficient (Wildman–Crippen LogP) is 4.52. The average molecular weight is 335 g/mol. The number of aryl methyl sites for hydroxylation is 1. The molecule has 3 aliphatic rings. The molecule has 126 valence electrons. The Bertz CT molecular complexity index is 601. The summed E-state index contributed by atoms with van der Waals surface area (Å²) < 4.78 is 5.40. The summed E-state index contributed by atoms with van der Waals surface area (Å²) in [6.45, 7) is 2.31. The van der Waals surface area contributed by atoms with Crippen molar-refractivity contribution in [3.05, 3.63) is 29.3 Å². The molecule has 6 atom stereocenters. The number of hydrogen-bond donors (Lipinski definition) is 1. The second-order valence-corrected chi connectivity index (χ2v) is 8.73. The zero-order valence-electron chi connectivity index (χ0n) is 14.1. The van der Waals surface area contributed by atoms with Crippen LogP contribution in [0.25, 0.3) is 0 Å². The number of aliphatic hydroxyl groups is 1. The van der Waals surface area contributed by atoms with Gasteiger partial charge in [-0.15, -0.1) is 11.6 Å². The summed E-state index contributed by atoms with van der Waals surface area (Å²) in [5.74, 6) is 2.84. The zero-order valence-corrected chi connectivity index (χ0v) is 14.9. The van der Waals surface area contributed by atoms with Crippen LogP contribution in [0.5, 0.6) is 5.75 Å². The third kappa shape index (κ3) is 2.41. The Balaban J connectivity index is 1.68.